The van der Waals surface area contributed by atoms with Gasteiger partial charge in [-0.15, -0.1) is 0 Å². The summed E-state index contributed by atoms with van der Waals surface area (Å²) in [6, 6.07) is 4.08. The normalized spacial score (nSPS) is 11.2. The molecule has 0 aliphatic heterocycles. The first-order valence-corrected chi connectivity index (χ1v) is 4.49. The first-order chi connectivity index (χ1) is 5.83. The highest BCUT2D eigenvalue weighted by molar-refractivity contribution is 5.05. The standard InChI is InChI=1S/C11H16O/c1-3-4-5-6-7-11-9-8-10(2)12-11/h3-4,8-9H,5-7H2,1-2H3. The smallest absolute Gasteiger partial charge is 0.104 e. The molecule has 1 nitrogen and oxygen atoms in total. The molecule has 0 aliphatic rings. The molecule has 1 aromatic heterocycles. The fourth-order valence-electron chi connectivity index (χ4n) is 1.18. The van der Waals surface area contributed by atoms with Crippen LogP contribution in [0.1, 0.15) is 31.3 Å². The maximum Gasteiger partial charge on any atom is 0.104 e. The number of aryl methyl sites for hydroxylation is 2. The van der Waals surface area contributed by atoms with E-state index in [1.54, 1.807) is 0 Å². The van der Waals surface area contributed by atoms with Crippen molar-refractivity contribution in [3.8, 4) is 0 Å². The van der Waals surface area contributed by atoms with Crippen molar-refractivity contribution in [2.45, 2.75) is 33.1 Å². The lowest BCUT2D eigenvalue weighted by Gasteiger charge is -1.92. The number of hydrogen-bond acceptors (Lipinski definition) is 1. The zero-order valence-electron chi connectivity index (χ0n) is 7.84. The number of hydrogen-bond donors (Lipinski definition) is 0. The molecule has 1 heteroatoms. The summed E-state index contributed by atoms with van der Waals surface area (Å²) in [6.45, 7) is 4.03. The quantitative estimate of drug-likeness (QED) is 0.490. The summed E-state index contributed by atoms with van der Waals surface area (Å²) in [4.78, 5) is 0. The van der Waals surface area contributed by atoms with Gasteiger partial charge in [0.1, 0.15) is 11.5 Å². The molecule has 0 aromatic carbocycles. The monoisotopic (exact) mass is 164 g/mol. The van der Waals surface area contributed by atoms with Gasteiger partial charge in [-0.05, 0) is 38.8 Å². The molecular weight excluding hydrogens is 148 g/mol. The third-order valence-corrected chi connectivity index (χ3v) is 1.83. The van der Waals surface area contributed by atoms with E-state index in [4.69, 9.17) is 4.42 Å². The van der Waals surface area contributed by atoms with Gasteiger partial charge in [0.15, 0.2) is 0 Å². The molecule has 0 saturated heterocycles. The Bertz CT molecular complexity index is 245. The highest BCUT2D eigenvalue weighted by atomic mass is 16.3. The Kier molecular flexibility index (Phi) is 3.65. The molecule has 0 fully saturated rings. The number of unbranched alkanes of at least 4 members (excludes halogenated alkanes) is 1. The molecule has 0 saturated carbocycles. The van der Waals surface area contributed by atoms with Crippen LogP contribution in [0.15, 0.2) is 28.7 Å². The molecular formula is C11H16O. The van der Waals surface area contributed by atoms with Crippen LogP contribution >= 0.6 is 0 Å². The van der Waals surface area contributed by atoms with Crippen molar-refractivity contribution < 1.29 is 4.42 Å². The van der Waals surface area contributed by atoms with E-state index in [-0.39, 0.29) is 0 Å². The van der Waals surface area contributed by atoms with Gasteiger partial charge < -0.3 is 4.42 Å². The van der Waals surface area contributed by atoms with Crippen molar-refractivity contribution in [2.24, 2.45) is 0 Å². The van der Waals surface area contributed by atoms with Crippen LogP contribution < -0.4 is 0 Å². The largest absolute Gasteiger partial charge is 0.466 e. The minimum absolute atomic E-state index is 1.01. The van der Waals surface area contributed by atoms with Crippen LogP contribution in [0.5, 0.6) is 0 Å². The minimum Gasteiger partial charge on any atom is -0.466 e. The van der Waals surface area contributed by atoms with Gasteiger partial charge >= 0.3 is 0 Å². The van der Waals surface area contributed by atoms with Gasteiger partial charge in [-0.2, -0.15) is 0 Å². The van der Waals surface area contributed by atoms with Crippen molar-refractivity contribution in [1.29, 1.82) is 0 Å². The molecule has 0 radical (unpaired) electrons. The van der Waals surface area contributed by atoms with E-state index in [0.29, 0.717) is 0 Å². The SMILES string of the molecule is CC=CCCCc1ccc(C)o1. The maximum absolute atomic E-state index is 5.44. The topological polar surface area (TPSA) is 13.1 Å². The average molecular weight is 164 g/mol. The lowest BCUT2D eigenvalue weighted by Crippen LogP contribution is -1.79. The third kappa shape index (κ3) is 2.95. The molecule has 0 N–H and O–H groups in total. The van der Waals surface area contributed by atoms with E-state index in [0.717, 1.165) is 24.4 Å². The third-order valence-electron chi connectivity index (χ3n) is 1.83. The molecule has 12 heavy (non-hydrogen) atoms. The van der Waals surface area contributed by atoms with Crippen LogP contribution in [-0.4, -0.2) is 0 Å². The molecule has 0 unspecified atom stereocenters. The molecule has 1 rings (SSSR count). The Labute approximate surface area is 74.1 Å². The van der Waals surface area contributed by atoms with Gasteiger partial charge in [0.25, 0.3) is 0 Å². The number of furan rings is 1. The minimum atomic E-state index is 1.01. The summed E-state index contributed by atoms with van der Waals surface area (Å²) in [5.74, 6) is 2.12. The lowest BCUT2D eigenvalue weighted by molar-refractivity contribution is 0.478. The molecule has 1 aromatic rings. The van der Waals surface area contributed by atoms with E-state index < -0.39 is 0 Å². The highest BCUT2D eigenvalue weighted by Crippen LogP contribution is 2.09. The molecule has 0 aliphatic carbocycles. The van der Waals surface area contributed by atoms with Crippen LogP contribution in [0.3, 0.4) is 0 Å². The Morgan fingerprint density at radius 2 is 2.25 bits per heavy atom. The van der Waals surface area contributed by atoms with Crippen molar-refractivity contribution in [3.63, 3.8) is 0 Å². The zero-order chi connectivity index (χ0) is 8.81. The maximum atomic E-state index is 5.44. The molecule has 0 amide bonds. The van der Waals surface area contributed by atoms with Crippen LogP contribution in [0, 0.1) is 6.92 Å². The van der Waals surface area contributed by atoms with Crippen LogP contribution in [-0.2, 0) is 6.42 Å². The van der Waals surface area contributed by atoms with E-state index in [2.05, 4.69) is 25.1 Å². The average Bonchev–Trinajstić information content (AvgIpc) is 2.45. The molecule has 0 atom stereocenters. The summed E-state index contributed by atoms with van der Waals surface area (Å²) < 4.78 is 5.44. The van der Waals surface area contributed by atoms with Gasteiger partial charge in [0.2, 0.25) is 0 Å². The van der Waals surface area contributed by atoms with Crippen molar-refractivity contribution in [1.82, 2.24) is 0 Å². The van der Waals surface area contributed by atoms with Crippen molar-refractivity contribution >= 4 is 0 Å². The summed E-state index contributed by atoms with van der Waals surface area (Å²) in [6.07, 6.45) is 7.66. The zero-order valence-corrected chi connectivity index (χ0v) is 7.84. The summed E-state index contributed by atoms with van der Waals surface area (Å²) >= 11 is 0. The van der Waals surface area contributed by atoms with E-state index in [1.807, 2.05) is 13.0 Å². The molecule has 0 bridgehead atoms. The fourth-order valence-corrected chi connectivity index (χ4v) is 1.18. The van der Waals surface area contributed by atoms with Crippen molar-refractivity contribution in [2.75, 3.05) is 0 Å². The van der Waals surface area contributed by atoms with E-state index >= 15 is 0 Å². The second-order valence-electron chi connectivity index (χ2n) is 2.97. The van der Waals surface area contributed by atoms with Crippen molar-refractivity contribution in [3.05, 3.63) is 35.8 Å². The van der Waals surface area contributed by atoms with Crippen LogP contribution in [0.2, 0.25) is 0 Å². The predicted octanol–water partition coefficient (Wildman–Crippen LogP) is 3.49. The van der Waals surface area contributed by atoms with Gasteiger partial charge in [0, 0.05) is 6.42 Å². The van der Waals surface area contributed by atoms with Gasteiger partial charge in [-0.1, -0.05) is 12.2 Å². The molecule has 1 heterocycles. The van der Waals surface area contributed by atoms with Gasteiger partial charge in [0.05, 0.1) is 0 Å². The fraction of sp³-hybridized carbons (Fsp3) is 0.455. The Hall–Kier alpha value is -0.980. The first kappa shape index (κ1) is 9.11. The first-order valence-electron chi connectivity index (χ1n) is 4.49. The molecule has 66 valence electrons. The molecule has 0 spiro atoms. The Morgan fingerprint density at radius 1 is 1.42 bits per heavy atom. The van der Waals surface area contributed by atoms with Gasteiger partial charge in [-0.3, -0.25) is 0 Å². The Balaban J connectivity index is 2.24. The lowest BCUT2D eigenvalue weighted by atomic mass is 10.2. The number of rotatable bonds is 4. The second kappa shape index (κ2) is 4.81. The second-order valence-corrected chi connectivity index (χ2v) is 2.97. The number of allylic oxidation sites excluding steroid dienone is 2. The van der Waals surface area contributed by atoms with E-state index in [9.17, 15) is 0 Å². The predicted molar refractivity (Wildman–Crippen MR) is 51.2 cm³/mol. The van der Waals surface area contributed by atoms with Crippen LogP contribution in [0.25, 0.3) is 0 Å². The van der Waals surface area contributed by atoms with Crippen LogP contribution in [0.4, 0.5) is 0 Å². The summed E-state index contributed by atoms with van der Waals surface area (Å²) in [5.41, 5.74) is 0. The summed E-state index contributed by atoms with van der Waals surface area (Å²) in [5, 5.41) is 0. The van der Waals surface area contributed by atoms with E-state index in [1.165, 1.54) is 6.42 Å². The summed E-state index contributed by atoms with van der Waals surface area (Å²) in [7, 11) is 0. The Morgan fingerprint density at radius 3 is 2.83 bits per heavy atom. The highest BCUT2D eigenvalue weighted by Gasteiger charge is 1.96. The van der Waals surface area contributed by atoms with Gasteiger partial charge in [-0.25, -0.2) is 0 Å².